The van der Waals surface area contributed by atoms with Crippen molar-refractivity contribution in [3.63, 3.8) is 0 Å². The topological polar surface area (TPSA) is 83.8 Å². The van der Waals surface area contributed by atoms with Gasteiger partial charge >= 0.3 is 0 Å². The van der Waals surface area contributed by atoms with Crippen LogP contribution in [0.3, 0.4) is 0 Å². The molecule has 1 aliphatic heterocycles. The highest BCUT2D eigenvalue weighted by molar-refractivity contribution is 5.96. The van der Waals surface area contributed by atoms with Crippen molar-refractivity contribution in [2.45, 2.75) is 52.4 Å². The lowest BCUT2D eigenvalue weighted by molar-refractivity contribution is 0.467. The van der Waals surface area contributed by atoms with Gasteiger partial charge in [-0.2, -0.15) is 15.8 Å². The smallest absolute Gasteiger partial charge is 0.152 e. The molecule has 5 heteroatoms. The minimum atomic E-state index is -0.451. The van der Waals surface area contributed by atoms with Gasteiger partial charge in [0, 0.05) is 0 Å². The maximum Gasteiger partial charge on any atom is 0.152 e. The van der Waals surface area contributed by atoms with Crippen molar-refractivity contribution in [2.75, 3.05) is 4.90 Å². The van der Waals surface area contributed by atoms with Gasteiger partial charge in [0.15, 0.2) is 11.5 Å². The Morgan fingerprint density at radius 3 is 1.36 bits per heavy atom. The standard InChI is InChI=1S/C53H42N4O/c1-5-29-53(3,4)51-39(6-2)44(32-54)45(33-55)52(46(51)34-56)57-47-27-25-37(42-23-15-13-21-40(42)35-17-9-7-10-18-35)30-49(47)58-50-31-38(26-28-48(50)57)43-24-16-14-22-41(43)36-19-11-8-12-20-36/h7-28,30-31H,5-6,29H2,1-4H3. The summed E-state index contributed by atoms with van der Waals surface area (Å²) in [5.74, 6) is 1.14. The van der Waals surface area contributed by atoms with Gasteiger partial charge in [0.25, 0.3) is 0 Å². The van der Waals surface area contributed by atoms with Gasteiger partial charge in [-0.3, -0.25) is 0 Å². The zero-order chi connectivity index (χ0) is 40.4. The Hall–Kier alpha value is -7.39. The normalized spacial score (nSPS) is 11.7. The van der Waals surface area contributed by atoms with E-state index in [0.717, 1.165) is 68.5 Å². The Balaban J connectivity index is 1.42. The number of ether oxygens (including phenoxy) is 1. The van der Waals surface area contributed by atoms with Crippen LogP contribution in [0, 0.1) is 34.0 Å². The fraction of sp³-hybridized carbons (Fsp3) is 0.151. The molecular weight excluding hydrogens is 709 g/mol. The molecule has 0 saturated heterocycles. The Bertz CT molecular complexity index is 2690. The van der Waals surface area contributed by atoms with Crippen LogP contribution in [0.15, 0.2) is 146 Å². The lowest BCUT2D eigenvalue weighted by atomic mass is 9.73. The minimum Gasteiger partial charge on any atom is -0.453 e. The first-order chi connectivity index (χ1) is 28.3. The number of nitriles is 3. The quantitative estimate of drug-likeness (QED) is 0.147. The number of anilines is 3. The van der Waals surface area contributed by atoms with Crippen molar-refractivity contribution in [3.8, 4) is 74.2 Å². The Morgan fingerprint density at radius 2 is 0.948 bits per heavy atom. The second kappa shape index (κ2) is 15.6. The monoisotopic (exact) mass is 750 g/mol. The number of benzene rings is 7. The zero-order valence-electron chi connectivity index (χ0n) is 33.2. The van der Waals surface area contributed by atoms with Crippen LogP contribution in [0.4, 0.5) is 17.1 Å². The van der Waals surface area contributed by atoms with Gasteiger partial charge in [0.2, 0.25) is 0 Å². The maximum absolute atomic E-state index is 11.2. The molecule has 0 atom stereocenters. The Labute approximate surface area is 341 Å². The lowest BCUT2D eigenvalue weighted by Crippen LogP contribution is -2.26. The average molecular weight is 751 g/mol. The number of nitrogens with zero attached hydrogens (tertiary/aromatic N) is 4. The number of hydrogen-bond acceptors (Lipinski definition) is 5. The Kier molecular flexibility index (Phi) is 10.1. The molecular formula is C53H42N4O. The summed E-state index contributed by atoms with van der Waals surface area (Å²) in [6.07, 6.45) is 2.21. The second-order valence-corrected chi connectivity index (χ2v) is 15.3. The molecule has 0 aliphatic carbocycles. The van der Waals surface area contributed by atoms with E-state index < -0.39 is 5.41 Å². The summed E-state index contributed by atoms with van der Waals surface area (Å²) in [5, 5.41) is 33.0. The molecule has 58 heavy (non-hydrogen) atoms. The molecule has 0 bridgehead atoms. The van der Waals surface area contributed by atoms with Gasteiger partial charge in [-0.25, -0.2) is 0 Å². The van der Waals surface area contributed by atoms with Crippen LogP contribution in [0.25, 0.3) is 44.5 Å². The molecule has 0 fully saturated rings. The summed E-state index contributed by atoms with van der Waals surface area (Å²) >= 11 is 0. The van der Waals surface area contributed by atoms with Crippen LogP contribution in [0.1, 0.15) is 68.4 Å². The molecule has 5 nitrogen and oxygen atoms in total. The molecule has 7 aromatic carbocycles. The van der Waals surface area contributed by atoms with E-state index in [9.17, 15) is 15.8 Å². The van der Waals surface area contributed by atoms with E-state index in [-0.39, 0.29) is 5.56 Å². The fourth-order valence-electron chi connectivity index (χ4n) is 8.80. The first-order valence-electron chi connectivity index (χ1n) is 19.8. The molecule has 0 unspecified atom stereocenters. The van der Waals surface area contributed by atoms with Crippen molar-refractivity contribution >= 4 is 17.1 Å². The van der Waals surface area contributed by atoms with Crippen LogP contribution in [0.2, 0.25) is 0 Å². The summed E-state index contributed by atoms with van der Waals surface area (Å²) in [6.45, 7) is 8.39. The van der Waals surface area contributed by atoms with E-state index in [0.29, 0.717) is 46.1 Å². The number of hydrogen-bond donors (Lipinski definition) is 0. The van der Waals surface area contributed by atoms with E-state index in [4.69, 9.17) is 4.74 Å². The van der Waals surface area contributed by atoms with Gasteiger partial charge in [-0.1, -0.05) is 155 Å². The van der Waals surface area contributed by atoms with E-state index in [2.05, 4.69) is 99.6 Å². The third-order valence-corrected chi connectivity index (χ3v) is 11.3. The summed E-state index contributed by atoms with van der Waals surface area (Å²) in [5.41, 5.74) is 12.2. The predicted molar refractivity (Wildman–Crippen MR) is 234 cm³/mol. The van der Waals surface area contributed by atoms with E-state index in [1.807, 2.05) is 96.8 Å². The predicted octanol–water partition coefficient (Wildman–Crippen LogP) is 14.2. The van der Waals surface area contributed by atoms with Gasteiger partial charge in [-0.05, 0) is 98.2 Å². The summed E-state index contributed by atoms with van der Waals surface area (Å²) in [4.78, 5) is 1.98. The van der Waals surface area contributed by atoms with E-state index in [1.165, 1.54) is 0 Å². The van der Waals surface area contributed by atoms with Gasteiger partial charge in [-0.15, -0.1) is 0 Å². The number of fused-ring (bicyclic) bond motifs is 2. The van der Waals surface area contributed by atoms with Gasteiger partial charge in [0.1, 0.15) is 18.2 Å². The van der Waals surface area contributed by atoms with Crippen molar-refractivity contribution in [2.24, 2.45) is 0 Å². The van der Waals surface area contributed by atoms with Gasteiger partial charge < -0.3 is 9.64 Å². The second-order valence-electron chi connectivity index (χ2n) is 15.3. The van der Waals surface area contributed by atoms with Crippen molar-refractivity contribution in [3.05, 3.63) is 173 Å². The number of rotatable bonds is 9. The average Bonchev–Trinajstić information content (AvgIpc) is 3.27. The highest BCUT2D eigenvalue weighted by Gasteiger charge is 2.37. The van der Waals surface area contributed by atoms with E-state index >= 15 is 0 Å². The molecule has 8 rings (SSSR count). The summed E-state index contributed by atoms with van der Waals surface area (Å²) in [6, 6.07) is 56.9. The highest BCUT2D eigenvalue weighted by Crippen LogP contribution is 2.56. The molecule has 1 aliphatic rings. The molecule has 7 aromatic rings. The molecule has 0 N–H and O–H groups in total. The highest BCUT2D eigenvalue weighted by atomic mass is 16.5. The molecule has 0 spiro atoms. The zero-order valence-corrected chi connectivity index (χ0v) is 33.2. The fourth-order valence-corrected chi connectivity index (χ4v) is 8.80. The first kappa shape index (κ1) is 37.5. The summed E-state index contributed by atoms with van der Waals surface area (Å²) < 4.78 is 6.96. The molecule has 0 radical (unpaired) electrons. The van der Waals surface area contributed by atoms with Crippen molar-refractivity contribution in [1.29, 1.82) is 15.8 Å². The third-order valence-electron chi connectivity index (χ3n) is 11.3. The van der Waals surface area contributed by atoms with E-state index in [1.54, 1.807) is 0 Å². The molecule has 1 heterocycles. The van der Waals surface area contributed by atoms with Crippen LogP contribution in [0.5, 0.6) is 11.5 Å². The molecule has 0 saturated carbocycles. The minimum absolute atomic E-state index is 0.183. The SMILES string of the molecule is CCCC(C)(C)c1c(C#N)c(N2c3ccc(-c4ccccc4-c4ccccc4)cc3Oc3cc(-c4ccccc4-c4ccccc4)ccc32)c(C#N)c(C#N)c1CC. The van der Waals surface area contributed by atoms with Gasteiger partial charge in [0.05, 0.1) is 33.8 Å². The Morgan fingerprint density at radius 1 is 0.517 bits per heavy atom. The first-order valence-corrected chi connectivity index (χ1v) is 19.8. The molecule has 0 aromatic heterocycles. The van der Waals surface area contributed by atoms with Crippen LogP contribution in [-0.2, 0) is 11.8 Å². The van der Waals surface area contributed by atoms with Crippen LogP contribution < -0.4 is 9.64 Å². The largest absolute Gasteiger partial charge is 0.453 e. The third kappa shape index (κ3) is 6.46. The summed E-state index contributed by atoms with van der Waals surface area (Å²) in [7, 11) is 0. The van der Waals surface area contributed by atoms with Crippen molar-refractivity contribution < 1.29 is 4.74 Å². The lowest BCUT2D eigenvalue weighted by Gasteiger charge is -2.37. The van der Waals surface area contributed by atoms with Crippen LogP contribution >= 0.6 is 0 Å². The molecule has 280 valence electrons. The van der Waals surface area contributed by atoms with Crippen molar-refractivity contribution in [1.82, 2.24) is 0 Å². The maximum atomic E-state index is 11.2. The van der Waals surface area contributed by atoms with Crippen LogP contribution in [-0.4, -0.2) is 0 Å². The molecule has 0 amide bonds.